The first kappa shape index (κ1) is 19.6. The average molecular weight is 371 g/mol. The number of halogens is 3. The fourth-order valence-electron chi connectivity index (χ4n) is 2.80. The lowest BCUT2D eigenvalue weighted by Gasteiger charge is -2.24. The SMILES string of the molecule is Cc1cc(C(F)(F)F)c(C#N)c(SCC(=O)N2CCCCCCC2)n1. The number of amides is 1. The van der Waals surface area contributed by atoms with E-state index in [4.69, 9.17) is 5.26 Å². The lowest BCUT2D eigenvalue weighted by Crippen LogP contribution is -2.35. The Kier molecular flexibility index (Phi) is 6.71. The van der Waals surface area contributed by atoms with Crippen LogP contribution in [-0.4, -0.2) is 34.6 Å². The van der Waals surface area contributed by atoms with Crippen LogP contribution in [0.2, 0.25) is 0 Å². The van der Waals surface area contributed by atoms with Gasteiger partial charge in [-0.2, -0.15) is 18.4 Å². The van der Waals surface area contributed by atoms with Crippen LogP contribution in [0.4, 0.5) is 13.2 Å². The van der Waals surface area contributed by atoms with Gasteiger partial charge >= 0.3 is 6.18 Å². The molecule has 0 radical (unpaired) electrons. The van der Waals surface area contributed by atoms with Gasteiger partial charge in [-0.05, 0) is 25.8 Å². The largest absolute Gasteiger partial charge is 0.417 e. The topological polar surface area (TPSA) is 57.0 Å². The number of aryl methyl sites for hydroxylation is 1. The minimum atomic E-state index is -4.62. The molecule has 1 fully saturated rings. The molecule has 1 aliphatic heterocycles. The Morgan fingerprint density at radius 3 is 2.44 bits per heavy atom. The van der Waals surface area contributed by atoms with Crippen molar-refractivity contribution in [2.75, 3.05) is 18.8 Å². The van der Waals surface area contributed by atoms with Crippen molar-refractivity contribution in [1.82, 2.24) is 9.88 Å². The highest BCUT2D eigenvalue weighted by Gasteiger charge is 2.35. The van der Waals surface area contributed by atoms with E-state index in [0.717, 1.165) is 43.5 Å². The second-order valence-electron chi connectivity index (χ2n) is 6.04. The Hall–Kier alpha value is -1.75. The highest BCUT2D eigenvalue weighted by atomic mass is 32.2. The zero-order valence-corrected chi connectivity index (χ0v) is 14.8. The van der Waals surface area contributed by atoms with E-state index in [1.165, 1.54) is 13.3 Å². The third kappa shape index (κ3) is 5.36. The maximum atomic E-state index is 13.1. The molecule has 136 valence electrons. The van der Waals surface area contributed by atoms with Crippen molar-refractivity contribution in [2.24, 2.45) is 0 Å². The highest BCUT2D eigenvalue weighted by molar-refractivity contribution is 8.00. The third-order valence-corrected chi connectivity index (χ3v) is 5.03. The fraction of sp³-hybridized carbons (Fsp3) is 0.588. The molecule has 1 aromatic heterocycles. The summed E-state index contributed by atoms with van der Waals surface area (Å²) >= 11 is 0.905. The van der Waals surface area contributed by atoms with Gasteiger partial charge in [0.15, 0.2) is 0 Å². The Bertz CT molecular complexity index is 662. The van der Waals surface area contributed by atoms with E-state index < -0.39 is 17.3 Å². The lowest BCUT2D eigenvalue weighted by molar-refractivity contribution is -0.138. The van der Waals surface area contributed by atoms with E-state index in [0.29, 0.717) is 13.1 Å². The van der Waals surface area contributed by atoms with Crippen LogP contribution in [-0.2, 0) is 11.0 Å². The molecule has 0 saturated carbocycles. The number of carbonyl (C=O) groups is 1. The first-order chi connectivity index (χ1) is 11.8. The second kappa shape index (κ2) is 8.56. The summed E-state index contributed by atoms with van der Waals surface area (Å²) in [5.41, 5.74) is -1.33. The monoisotopic (exact) mass is 371 g/mol. The first-order valence-electron chi connectivity index (χ1n) is 8.22. The second-order valence-corrected chi connectivity index (χ2v) is 7.00. The van der Waals surface area contributed by atoms with Gasteiger partial charge in [-0.3, -0.25) is 4.79 Å². The van der Waals surface area contributed by atoms with Crippen LogP contribution in [0.3, 0.4) is 0 Å². The van der Waals surface area contributed by atoms with Crippen LogP contribution in [0, 0.1) is 18.3 Å². The molecule has 2 heterocycles. The minimum Gasteiger partial charge on any atom is -0.342 e. The molecule has 1 aromatic rings. The zero-order chi connectivity index (χ0) is 18.4. The number of hydrogen-bond acceptors (Lipinski definition) is 4. The lowest BCUT2D eigenvalue weighted by atomic mass is 10.1. The minimum absolute atomic E-state index is 0.0115. The molecule has 0 aliphatic carbocycles. The van der Waals surface area contributed by atoms with Gasteiger partial charge in [-0.25, -0.2) is 4.98 Å². The molecule has 8 heteroatoms. The molecule has 0 bridgehead atoms. The van der Waals surface area contributed by atoms with Crippen LogP contribution in [0.25, 0.3) is 0 Å². The predicted octanol–water partition coefficient (Wildman–Crippen LogP) is 4.17. The molecule has 0 N–H and O–H groups in total. The summed E-state index contributed by atoms with van der Waals surface area (Å²) in [4.78, 5) is 18.2. The van der Waals surface area contributed by atoms with Gasteiger partial charge in [0, 0.05) is 18.8 Å². The Balaban J connectivity index is 2.13. The summed E-state index contributed by atoms with van der Waals surface area (Å²) < 4.78 is 39.3. The quantitative estimate of drug-likeness (QED) is 0.749. The molecular formula is C17H20F3N3OS. The van der Waals surface area contributed by atoms with E-state index in [9.17, 15) is 18.0 Å². The van der Waals surface area contributed by atoms with Gasteiger partial charge < -0.3 is 4.90 Å². The van der Waals surface area contributed by atoms with Crippen LogP contribution >= 0.6 is 11.8 Å². The van der Waals surface area contributed by atoms with E-state index in [1.54, 1.807) is 11.0 Å². The number of carbonyl (C=O) groups excluding carboxylic acids is 1. The van der Waals surface area contributed by atoms with Crippen LogP contribution < -0.4 is 0 Å². The maximum absolute atomic E-state index is 13.1. The molecule has 0 spiro atoms. The van der Waals surface area contributed by atoms with Crippen molar-refractivity contribution >= 4 is 17.7 Å². The van der Waals surface area contributed by atoms with Crippen molar-refractivity contribution in [1.29, 1.82) is 5.26 Å². The third-order valence-electron chi connectivity index (χ3n) is 4.07. The first-order valence-corrected chi connectivity index (χ1v) is 9.21. The van der Waals surface area contributed by atoms with E-state index >= 15 is 0 Å². The molecule has 2 rings (SSSR count). The smallest absolute Gasteiger partial charge is 0.342 e. The Morgan fingerprint density at radius 1 is 1.28 bits per heavy atom. The van der Waals surface area contributed by atoms with Crippen molar-refractivity contribution in [3.63, 3.8) is 0 Å². The highest BCUT2D eigenvalue weighted by Crippen LogP contribution is 2.35. The van der Waals surface area contributed by atoms with Gasteiger partial charge in [0.05, 0.1) is 16.9 Å². The average Bonchev–Trinajstić information content (AvgIpc) is 2.50. The number of likely N-dealkylation sites (tertiary alicyclic amines) is 1. The molecule has 4 nitrogen and oxygen atoms in total. The van der Waals surface area contributed by atoms with Gasteiger partial charge in [0.2, 0.25) is 5.91 Å². The maximum Gasteiger partial charge on any atom is 0.417 e. The normalized spacial score (nSPS) is 16.0. The van der Waals surface area contributed by atoms with E-state index in [-0.39, 0.29) is 22.4 Å². The van der Waals surface area contributed by atoms with Gasteiger partial charge in [-0.15, -0.1) is 0 Å². The molecule has 0 aromatic carbocycles. The molecule has 25 heavy (non-hydrogen) atoms. The number of aromatic nitrogens is 1. The molecule has 1 saturated heterocycles. The van der Waals surface area contributed by atoms with Crippen LogP contribution in [0.15, 0.2) is 11.1 Å². The standard InChI is InChI=1S/C17H20F3N3OS/c1-12-9-14(17(18,19)20)13(10-21)16(22-12)25-11-15(24)23-7-5-3-2-4-6-8-23/h9H,2-8,11H2,1H3. The van der Waals surface area contributed by atoms with Gasteiger partial charge in [0.1, 0.15) is 11.1 Å². The number of nitriles is 1. The predicted molar refractivity (Wildman–Crippen MR) is 89.1 cm³/mol. The number of rotatable bonds is 3. The number of hydrogen-bond donors (Lipinski definition) is 0. The van der Waals surface area contributed by atoms with Crippen molar-refractivity contribution in [2.45, 2.75) is 50.2 Å². The summed E-state index contributed by atoms with van der Waals surface area (Å²) in [6, 6.07) is 2.46. The molecule has 1 aliphatic rings. The van der Waals surface area contributed by atoms with Crippen LogP contribution in [0.5, 0.6) is 0 Å². The molecule has 0 atom stereocenters. The van der Waals surface area contributed by atoms with Crippen LogP contribution in [0.1, 0.15) is 48.9 Å². The number of nitrogens with zero attached hydrogens (tertiary/aromatic N) is 3. The summed E-state index contributed by atoms with van der Waals surface area (Å²) in [7, 11) is 0. The Labute approximate surface area is 149 Å². The summed E-state index contributed by atoms with van der Waals surface area (Å²) in [5.74, 6) is -0.129. The van der Waals surface area contributed by atoms with Gasteiger partial charge in [0.25, 0.3) is 0 Å². The molecule has 0 unspecified atom stereocenters. The van der Waals surface area contributed by atoms with E-state index in [2.05, 4.69) is 4.98 Å². The summed E-state index contributed by atoms with van der Waals surface area (Å²) in [5, 5.41) is 9.10. The number of alkyl halides is 3. The Morgan fingerprint density at radius 2 is 1.88 bits per heavy atom. The van der Waals surface area contributed by atoms with E-state index in [1.807, 2.05) is 0 Å². The zero-order valence-electron chi connectivity index (χ0n) is 14.0. The van der Waals surface area contributed by atoms with Crippen molar-refractivity contribution < 1.29 is 18.0 Å². The number of thioether (sulfide) groups is 1. The van der Waals surface area contributed by atoms with Gasteiger partial charge in [-0.1, -0.05) is 31.0 Å². The molecule has 1 amide bonds. The van der Waals surface area contributed by atoms with Crippen molar-refractivity contribution in [3.05, 3.63) is 22.9 Å². The van der Waals surface area contributed by atoms with Crippen molar-refractivity contribution in [3.8, 4) is 6.07 Å². The molecular weight excluding hydrogens is 351 g/mol. The summed E-state index contributed by atoms with van der Waals surface area (Å²) in [6.45, 7) is 2.81. The number of pyridine rings is 1. The summed E-state index contributed by atoms with van der Waals surface area (Å²) in [6.07, 6.45) is 0.617. The fourth-order valence-corrected chi connectivity index (χ4v) is 3.75.